The lowest BCUT2D eigenvalue weighted by Crippen LogP contribution is -2.30. The molecular weight excluding hydrogens is 345 g/mol. The molecular formula is C15H15F3N2O3S. The number of sulfonamides is 1. The number of benzene rings is 1. The van der Waals surface area contributed by atoms with E-state index in [1.807, 2.05) is 0 Å². The number of nitrogens with zero attached hydrogens (tertiary/aromatic N) is 2. The predicted octanol–water partition coefficient (Wildman–Crippen LogP) is 2.84. The van der Waals surface area contributed by atoms with Gasteiger partial charge in [-0.25, -0.2) is 12.7 Å². The fraction of sp³-hybridized carbons (Fsp3) is 0.267. The number of likely N-dealkylation sites (N-methyl/N-ethyl adjacent to an activating group) is 1. The van der Waals surface area contributed by atoms with E-state index in [4.69, 9.17) is 0 Å². The fourth-order valence-corrected chi connectivity index (χ4v) is 3.26. The van der Waals surface area contributed by atoms with Crippen LogP contribution in [-0.4, -0.2) is 37.7 Å². The van der Waals surface area contributed by atoms with Gasteiger partial charge in [-0.1, -0.05) is 18.2 Å². The maximum absolute atomic E-state index is 12.5. The summed E-state index contributed by atoms with van der Waals surface area (Å²) in [6.07, 6.45) is -3.06. The molecule has 0 aliphatic rings. The molecule has 0 radical (unpaired) electrons. The summed E-state index contributed by atoms with van der Waals surface area (Å²) in [7, 11) is -2.84. The molecule has 0 N–H and O–H groups in total. The zero-order valence-corrected chi connectivity index (χ0v) is 13.5. The third kappa shape index (κ3) is 4.68. The van der Waals surface area contributed by atoms with E-state index < -0.39 is 27.0 Å². The Labute approximate surface area is 137 Å². The van der Waals surface area contributed by atoms with Crippen LogP contribution in [0.4, 0.5) is 13.2 Å². The molecule has 1 aromatic carbocycles. The van der Waals surface area contributed by atoms with Crippen molar-refractivity contribution < 1.29 is 26.3 Å². The summed E-state index contributed by atoms with van der Waals surface area (Å²) in [5.41, 5.74) is 0.680. The van der Waals surface area contributed by atoms with Gasteiger partial charge in [0.2, 0.25) is 10.0 Å². The van der Waals surface area contributed by atoms with Gasteiger partial charge < -0.3 is 4.74 Å². The predicted molar refractivity (Wildman–Crippen MR) is 80.9 cm³/mol. The van der Waals surface area contributed by atoms with Crippen molar-refractivity contribution in [1.29, 1.82) is 0 Å². The minimum atomic E-state index is -4.97. The zero-order chi connectivity index (χ0) is 17.8. The van der Waals surface area contributed by atoms with Gasteiger partial charge in [0, 0.05) is 31.9 Å². The smallest absolute Gasteiger partial charge is 0.404 e. The Balaban J connectivity index is 2.20. The molecule has 1 aromatic heterocycles. The summed E-state index contributed by atoms with van der Waals surface area (Å²) in [6.45, 7) is 0.0691. The zero-order valence-electron chi connectivity index (χ0n) is 12.7. The molecule has 1 heterocycles. The highest BCUT2D eigenvalue weighted by Gasteiger charge is 2.34. The summed E-state index contributed by atoms with van der Waals surface area (Å²) >= 11 is 0. The van der Waals surface area contributed by atoms with E-state index in [0.29, 0.717) is 12.1 Å². The van der Waals surface area contributed by atoms with E-state index in [2.05, 4.69) is 9.72 Å². The van der Waals surface area contributed by atoms with Crippen LogP contribution in [0.2, 0.25) is 0 Å². The number of ether oxygens (including phenoxy) is 1. The van der Waals surface area contributed by atoms with E-state index >= 15 is 0 Å². The van der Waals surface area contributed by atoms with Gasteiger partial charge in [-0.2, -0.15) is 0 Å². The van der Waals surface area contributed by atoms with Crippen molar-refractivity contribution in [3.8, 4) is 5.75 Å². The van der Waals surface area contributed by atoms with Crippen LogP contribution in [0, 0.1) is 0 Å². The second-order valence-corrected chi connectivity index (χ2v) is 6.91. The monoisotopic (exact) mass is 360 g/mol. The molecule has 0 unspecified atom stereocenters. The average molecular weight is 360 g/mol. The summed E-state index contributed by atoms with van der Waals surface area (Å²) in [5, 5.41) is 0. The van der Waals surface area contributed by atoms with Crippen LogP contribution in [0.3, 0.4) is 0 Å². The molecule has 5 nitrogen and oxygen atoms in total. The van der Waals surface area contributed by atoms with Gasteiger partial charge in [-0.15, -0.1) is 13.2 Å². The highest BCUT2D eigenvalue weighted by Crippen LogP contribution is 2.30. The first kappa shape index (κ1) is 18.2. The first-order chi connectivity index (χ1) is 11.2. The highest BCUT2D eigenvalue weighted by atomic mass is 32.2. The molecule has 0 atom stereocenters. The first-order valence-corrected chi connectivity index (χ1v) is 8.35. The third-order valence-corrected chi connectivity index (χ3v) is 5.07. The van der Waals surface area contributed by atoms with Crippen LogP contribution in [0.15, 0.2) is 53.6 Å². The SMILES string of the molecule is CN(CCc1ccccn1)S(=O)(=O)c1ccccc1OC(F)(F)F. The van der Waals surface area contributed by atoms with Crippen molar-refractivity contribution in [2.45, 2.75) is 17.7 Å². The maximum atomic E-state index is 12.5. The van der Waals surface area contributed by atoms with Gasteiger partial charge in [-0.3, -0.25) is 4.98 Å². The number of para-hydroxylation sites is 1. The molecule has 0 aliphatic heterocycles. The molecule has 9 heteroatoms. The second kappa shape index (κ2) is 7.18. The largest absolute Gasteiger partial charge is 0.573 e. The van der Waals surface area contributed by atoms with Crippen molar-refractivity contribution in [3.05, 3.63) is 54.4 Å². The lowest BCUT2D eigenvalue weighted by Gasteiger charge is -2.19. The van der Waals surface area contributed by atoms with Crippen LogP contribution in [0.25, 0.3) is 0 Å². The van der Waals surface area contributed by atoms with Crippen molar-refractivity contribution in [2.24, 2.45) is 0 Å². The summed E-state index contributed by atoms with van der Waals surface area (Å²) in [6, 6.07) is 9.89. The number of aromatic nitrogens is 1. The maximum Gasteiger partial charge on any atom is 0.573 e. The normalized spacial score (nSPS) is 12.4. The van der Waals surface area contributed by atoms with Crippen molar-refractivity contribution in [1.82, 2.24) is 9.29 Å². The molecule has 0 fully saturated rings. The topological polar surface area (TPSA) is 59.5 Å². The Hall–Kier alpha value is -2.13. The summed E-state index contributed by atoms with van der Waals surface area (Å²) in [4.78, 5) is 3.54. The summed E-state index contributed by atoms with van der Waals surface area (Å²) in [5.74, 6) is -0.755. The third-order valence-electron chi connectivity index (χ3n) is 3.17. The first-order valence-electron chi connectivity index (χ1n) is 6.91. The minimum absolute atomic E-state index is 0.0691. The quantitative estimate of drug-likeness (QED) is 0.795. The molecule has 2 rings (SSSR count). The lowest BCUT2D eigenvalue weighted by atomic mass is 10.3. The van der Waals surface area contributed by atoms with E-state index in [1.54, 1.807) is 24.4 Å². The number of rotatable bonds is 6. The van der Waals surface area contributed by atoms with Crippen LogP contribution in [0.5, 0.6) is 5.75 Å². The highest BCUT2D eigenvalue weighted by molar-refractivity contribution is 7.89. The standard InChI is InChI=1S/C15H15F3N2O3S/c1-20(11-9-12-6-4-5-10-19-12)24(21,22)14-8-3-2-7-13(14)23-15(16,17)18/h2-8,10H,9,11H2,1H3. The Morgan fingerprint density at radius 1 is 1.12 bits per heavy atom. The molecule has 0 saturated heterocycles. The molecule has 0 aliphatic carbocycles. The van der Waals surface area contributed by atoms with Gasteiger partial charge in [-0.05, 0) is 24.3 Å². The van der Waals surface area contributed by atoms with Gasteiger partial charge in [0.1, 0.15) is 10.6 Å². The van der Waals surface area contributed by atoms with Crippen LogP contribution in [0.1, 0.15) is 5.69 Å². The van der Waals surface area contributed by atoms with Gasteiger partial charge in [0.15, 0.2) is 0 Å². The Morgan fingerprint density at radius 3 is 2.42 bits per heavy atom. The van der Waals surface area contributed by atoms with Crippen LogP contribution >= 0.6 is 0 Å². The van der Waals surface area contributed by atoms with Crippen molar-refractivity contribution >= 4 is 10.0 Å². The number of hydrogen-bond donors (Lipinski definition) is 0. The lowest BCUT2D eigenvalue weighted by molar-refractivity contribution is -0.275. The van der Waals surface area contributed by atoms with Gasteiger partial charge in [0.25, 0.3) is 0 Å². The number of halogens is 3. The Kier molecular flexibility index (Phi) is 5.45. The number of hydrogen-bond acceptors (Lipinski definition) is 4. The van der Waals surface area contributed by atoms with E-state index in [0.717, 1.165) is 16.4 Å². The van der Waals surface area contributed by atoms with Crippen molar-refractivity contribution in [3.63, 3.8) is 0 Å². The Morgan fingerprint density at radius 2 is 1.79 bits per heavy atom. The molecule has 0 amide bonds. The van der Waals surface area contributed by atoms with E-state index in [-0.39, 0.29) is 6.54 Å². The van der Waals surface area contributed by atoms with E-state index in [9.17, 15) is 21.6 Å². The van der Waals surface area contributed by atoms with Crippen molar-refractivity contribution in [2.75, 3.05) is 13.6 Å². The van der Waals surface area contributed by atoms with Crippen LogP contribution < -0.4 is 4.74 Å². The van der Waals surface area contributed by atoms with Gasteiger partial charge >= 0.3 is 6.36 Å². The molecule has 24 heavy (non-hydrogen) atoms. The molecule has 0 spiro atoms. The minimum Gasteiger partial charge on any atom is -0.404 e. The molecule has 0 saturated carbocycles. The van der Waals surface area contributed by atoms with E-state index in [1.165, 1.54) is 19.2 Å². The Bertz CT molecular complexity index is 780. The molecule has 0 bridgehead atoms. The average Bonchev–Trinajstić information content (AvgIpc) is 2.52. The fourth-order valence-electron chi connectivity index (χ4n) is 1.98. The number of alkyl halides is 3. The number of pyridine rings is 1. The molecule has 2 aromatic rings. The van der Waals surface area contributed by atoms with Crippen LogP contribution in [-0.2, 0) is 16.4 Å². The summed E-state index contributed by atoms with van der Waals surface area (Å²) < 4.78 is 67.1. The van der Waals surface area contributed by atoms with Gasteiger partial charge in [0.05, 0.1) is 0 Å². The second-order valence-electron chi connectivity index (χ2n) is 4.89. The molecule has 130 valence electrons.